The molecule has 0 amide bonds. The molecule has 0 spiro atoms. The normalized spacial score (nSPS) is 14.5. The molecule has 1 unspecified atom stereocenters. The highest BCUT2D eigenvalue weighted by atomic mass is 35.5. The van der Waals surface area contributed by atoms with Crippen LogP contribution in [0, 0.1) is 0 Å². The minimum absolute atomic E-state index is 0.215. The Kier molecular flexibility index (Phi) is 10.8. The van der Waals surface area contributed by atoms with Gasteiger partial charge in [-0.1, -0.05) is 49.2 Å². The van der Waals surface area contributed by atoms with E-state index in [2.05, 4.69) is 10.1 Å². The third-order valence-corrected chi connectivity index (χ3v) is 8.38. The van der Waals surface area contributed by atoms with Crippen molar-refractivity contribution in [3.63, 3.8) is 0 Å². The lowest BCUT2D eigenvalue weighted by atomic mass is 10.2. The van der Waals surface area contributed by atoms with Crippen LogP contribution in [0.15, 0.2) is 48.5 Å². The third-order valence-electron chi connectivity index (χ3n) is 6.35. The van der Waals surface area contributed by atoms with E-state index in [4.69, 9.17) is 40.8 Å². The molecular formula is C29H37ClN5O6P. The molecule has 0 bridgehead atoms. The molecule has 0 fully saturated rings. The molecule has 13 heteroatoms. The lowest BCUT2D eigenvalue weighted by molar-refractivity contribution is -0.145. The average molecular weight is 618 g/mol. The maximum absolute atomic E-state index is 14.2. The molecule has 0 radical (unpaired) electrons. The van der Waals surface area contributed by atoms with E-state index in [0.717, 1.165) is 23.7 Å². The van der Waals surface area contributed by atoms with Crippen molar-refractivity contribution < 1.29 is 27.9 Å². The van der Waals surface area contributed by atoms with Crippen LogP contribution in [0.1, 0.15) is 46.4 Å². The van der Waals surface area contributed by atoms with Gasteiger partial charge in [-0.05, 0) is 51.5 Å². The van der Waals surface area contributed by atoms with E-state index >= 15 is 0 Å². The number of carbonyl (C=O) groups is 1. The Morgan fingerprint density at radius 2 is 1.93 bits per heavy atom. The molecule has 0 saturated carbocycles. The zero-order chi connectivity index (χ0) is 30.3. The maximum atomic E-state index is 14.2. The predicted octanol–water partition coefficient (Wildman–Crippen LogP) is 6.27. The standard InChI is InChI=1S/C29H37ClN5O6P/c1-5-7-15-39-29(36)20(4)34-42(37,41-22-12-10-11-21(30)16-22)40-19(3)17-35-25(18-38-6-2)33-26-27(35)23-13-8-9-14-24(23)32-28(26)31/h8-14,16,19-20H,5-7,15,17-18H2,1-4H3,(H2,31,32)(H,34,37)/t19-,20+,42?/m1/s1. The summed E-state index contributed by atoms with van der Waals surface area (Å²) in [6.07, 6.45) is 0.897. The third kappa shape index (κ3) is 7.79. The summed E-state index contributed by atoms with van der Waals surface area (Å²) < 4.78 is 39.0. The van der Waals surface area contributed by atoms with Gasteiger partial charge in [-0.25, -0.2) is 14.5 Å². The van der Waals surface area contributed by atoms with Gasteiger partial charge < -0.3 is 24.3 Å². The highest BCUT2D eigenvalue weighted by Crippen LogP contribution is 2.47. The number of nitrogen functional groups attached to an aromatic ring is 1. The summed E-state index contributed by atoms with van der Waals surface area (Å²) in [5.41, 5.74) is 8.31. The van der Waals surface area contributed by atoms with Crippen LogP contribution in [-0.4, -0.2) is 45.9 Å². The molecule has 226 valence electrons. The van der Waals surface area contributed by atoms with Crippen molar-refractivity contribution in [1.82, 2.24) is 19.6 Å². The number of benzene rings is 2. The molecule has 0 saturated heterocycles. The Morgan fingerprint density at radius 3 is 2.67 bits per heavy atom. The summed E-state index contributed by atoms with van der Waals surface area (Å²) >= 11 is 6.13. The Labute approximate surface area is 250 Å². The van der Waals surface area contributed by atoms with Crippen molar-refractivity contribution in [3.05, 3.63) is 59.4 Å². The second kappa shape index (κ2) is 14.3. The van der Waals surface area contributed by atoms with E-state index in [1.807, 2.05) is 42.7 Å². The van der Waals surface area contributed by atoms with Crippen LogP contribution >= 0.6 is 19.3 Å². The Bertz CT molecular complexity index is 1580. The molecule has 4 aromatic rings. The van der Waals surface area contributed by atoms with Gasteiger partial charge in [0, 0.05) is 17.0 Å². The van der Waals surface area contributed by atoms with Gasteiger partial charge in [0.2, 0.25) is 0 Å². The molecule has 42 heavy (non-hydrogen) atoms. The second-order valence-electron chi connectivity index (χ2n) is 9.82. The molecule has 3 N–H and O–H groups in total. The number of esters is 1. The Morgan fingerprint density at radius 1 is 1.14 bits per heavy atom. The maximum Gasteiger partial charge on any atom is 0.459 e. The van der Waals surface area contributed by atoms with Crippen molar-refractivity contribution in [3.8, 4) is 5.75 Å². The summed E-state index contributed by atoms with van der Waals surface area (Å²) in [5, 5.41) is 3.98. The number of ether oxygens (including phenoxy) is 2. The summed E-state index contributed by atoms with van der Waals surface area (Å²) in [4.78, 5) is 21.9. The molecule has 4 rings (SSSR count). The predicted molar refractivity (Wildman–Crippen MR) is 163 cm³/mol. The SMILES string of the molecule is CCCCOC(=O)[C@H](C)NP(=O)(Oc1cccc(Cl)c1)O[C@H](C)Cn1c(COCC)nc2c(N)nc3ccccc3c21. The van der Waals surface area contributed by atoms with Crippen LogP contribution in [0.2, 0.25) is 5.02 Å². The summed E-state index contributed by atoms with van der Waals surface area (Å²) in [6, 6.07) is 13.1. The molecule has 0 aliphatic rings. The Balaban J connectivity index is 1.66. The van der Waals surface area contributed by atoms with Crippen molar-refractivity contribution in [2.24, 2.45) is 0 Å². The van der Waals surface area contributed by atoms with E-state index in [1.165, 1.54) is 6.07 Å². The van der Waals surface area contributed by atoms with Gasteiger partial charge in [0.15, 0.2) is 5.82 Å². The van der Waals surface area contributed by atoms with Gasteiger partial charge in [-0.2, -0.15) is 5.09 Å². The highest BCUT2D eigenvalue weighted by Gasteiger charge is 2.35. The number of hydrogen-bond donors (Lipinski definition) is 2. The van der Waals surface area contributed by atoms with Crippen molar-refractivity contribution in [2.45, 2.75) is 65.8 Å². The van der Waals surface area contributed by atoms with Crippen molar-refractivity contribution in [1.29, 1.82) is 0 Å². The van der Waals surface area contributed by atoms with Crippen molar-refractivity contribution in [2.75, 3.05) is 18.9 Å². The number of para-hydroxylation sites is 1. The van der Waals surface area contributed by atoms with Gasteiger partial charge >= 0.3 is 13.7 Å². The number of rotatable bonds is 15. The number of halogens is 1. The largest absolute Gasteiger partial charge is 0.465 e. The number of aromatic nitrogens is 3. The first-order valence-corrected chi connectivity index (χ1v) is 15.8. The monoisotopic (exact) mass is 617 g/mol. The summed E-state index contributed by atoms with van der Waals surface area (Å²) in [7, 11) is -4.15. The number of nitrogens with one attached hydrogen (secondary N) is 1. The summed E-state index contributed by atoms with van der Waals surface area (Å²) in [5.74, 6) is 0.551. The number of hydrogen-bond acceptors (Lipinski definition) is 9. The molecular weight excluding hydrogens is 581 g/mol. The number of unbranched alkanes of at least 4 members (excludes halogenated alkanes) is 1. The first-order valence-electron chi connectivity index (χ1n) is 13.9. The molecule has 2 aromatic heterocycles. The van der Waals surface area contributed by atoms with Crippen LogP contribution in [0.4, 0.5) is 5.82 Å². The van der Waals surface area contributed by atoms with E-state index in [1.54, 1.807) is 32.0 Å². The molecule has 2 heterocycles. The lowest BCUT2D eigenvalue weighted by Crippen LogP contribution is -2.36. The number of carbonyl (C=O) groups excluding carboxylic acids is 1. The molecule has 0 aliphatic heterocycles. The number of nitrogens with two attached hydrogens (primary N) is 1. The molecule has 2 aromatic carbocycles. The average Bonchev–Trinajstić information content (AvgIpc) is 3.30. The molecule has 0 aliphatic carbocycles. The van der Waals surface area contributed by atoms with Gasteiger partial charge in [-0.3, -0.25) is 9.32 Å². The first kappa shape index (κ1) is 31.7. The van der Waals surface area contributed by atoms with E-state index < -0.39 is 25.9 Å². The lowest BCUT2D eigenvalue weighted by Gasteiger charge is -2.26. The highest BCUT2D eigenvalue weighted by molar-refractivity contribution is 7.52. The zero-order valence-corrected chi connectivity index (χ0v) is 25.9. The molecule has 3 atom stereocenters. The molecule has 11 nitrogen and oxygen atoms in total. The second-order valence-corrected chi connectivity index (χ2v) is 11.9. The number of nitrogens with zero attached hydrogens (tertiary/aromatic N) is 3. The van der Waals surface area contributed by atoms with Gasteiger partial charge in [-0.15, -0.1) is 0 Å². The fourth-order valence-electron chi connectivity index (χ4n) is 4.41. The fourth-order valence-corrected chi connectivity index (χ4v) is 6.25. The minimum Gasteiger partial charge on any atom is -0.465 e. The van der Waals surface area contributed by atoms with E-state index in [9.17, 15) is 9.36 Å². The van der Waals surface area contributed by atoms with E-state index in [-0.39, 0.29) is 25.5 Å². The number of anilines is 1. The van der Waals surface area contributed by atoms with Gasteiger partial charge in [0.1, 0.15) is 29.7 Å². The van der Waals surface area contributed by atoms with Crippen LogP contribution in [0.5, 0.6) is 5.75 Å². The van der Waals surface area contributed by atoms with E-state index in [0.29, 0.717) is 34.3 Å². The minimum atomic E-state index is -4.15. The van der Waals surface area contributed by atoms with Crippen LogP contribution < -0.4 is 15.3 Å². The fraction of sp³-hybridized carbons (Fsp3) is 0.414. The van der Waals surface area contributed by atoms with Crippen LogP contribution in [0.3, 0.4) is 0 Å². The van der Waals surface area contributed by atoms with Crippen LogP contribution in [-0.2, 0) is 36.5 Å². The smallest absolute Gasteiger partial charge is 0.459 e. The van der Waals surface area contributed by atoms with Crippen LogP contribution in [0.25, 0.3) is 21.9 Å². The number of fused-ring (bicyclic) bond motifs is 3. The quantitative estimate of drug-likeness (QED) is 0.0891. The van der Waals surface area contributed by atoms with Gasteiger partial charge in [0.25, 0.3) is 0 Å². The number of imidazole rings is 1. The summed E-state index contributed by atoms with van der Waals surface area (Å²) in [6.45, 7) is 8.38. The topological polar surface area (TPSA) is 140 Å². The van der Waals surface area contributed by atoms with Gasteiger partial charge in [0.05, 0.1) is 30.3 Å². The Hall–Kier alpha value is -3.21. The van der Waals surface area contributed by atoms with Crippen molar-refractivity contribution >= 4 is 53.1 Å². The first-order chi connectivity index (χ1) is 20.1. The zero-order valence-electron chi connectivity index (χ0n) is 24.2. The number of pyridine rings is 1.